The quantitative estimate of drug-likeness (QED) is 0.835. The van der Waals surface area contributed by atoms with Crippen LogP contribution in [0.2, 0.25) is 0 Å². The maximum atomic E-state index is 11.7. The van der Waals surface area contributed by atoms with Crippen molar-refractivity contribution in [3.63, 3.8) is 0 Å². The highest BCUT2D eigenvalue weighted by atomic mass is 79.9. The van der Waals surface area contributed by atoms with Crippen molar-refractivity contribution >= 4 is 26.0 Å². The fourth-order valence-electron chi connectivity index (χ4n) is 1.02. The van der Waals surface area contributed by atoms with Crippen LogP contribution in [0.5, 0.6) is 0 Å². The molecule has 0 saturated heterocycles. The Kier molecular flexibility index (Phi) is 4.72. The summed E-state index contributed by atoms with van der Waals surface area (Å²) in [5.74, 6) is 0. The number of rotatable bonds is 5. The van der Waals surface area contributed by atoms with Gasteiger partial charge < -0.3 is 4.74 Å². The summed E-state index contributed by atoms with van der Waals surface area (Å²) < 4.78 is 31.2. The van der Waals surface area contributed by atoms with Gasteiger partial charge in [0.25, 0.3) is 0 Å². The van der Waals surface area contributed by atoms with E-state index in [-0.39, 0.29) is 11.4 Å². The lowest BCUT2D eigenvalue weighted by Gasteiger charge is -2.07. The Morgan fingerprint density at radius 3 is 2.67 bits per heavy atom. The summed E-state index contributed by atoms with van der Waals surface area (Å²) in [5.41, 5.74) is 0. The average Bonchev–Trinajstić information content (AvgIpc) is 2.18. The van der Waals surface area contributed by atoms with Crippen molar-refractivity contribution in [1.82, 2.24) is 4.72 Å². The molecule has 0 aliphatic rings. The fourth-order valence-corrected chi connectivity index (χ4v) is 3.03. The highest BCUT2D eigenvalue weighted by molar-refractivity contribution is 9.10. The van der Waals surface area contributed by atoms with Crippen molar-refractivity contribution in [3.8, 4) is 0 Å². The Balaban J connectivity index is 2.83. The van der Waals surface area contributed by atoms with Gasteiger partial charge in [-0.05, 0) is 28.1 Å². The molecule has 1 aromatic rings. The normalized spacial score (nSPS) is 11.6. The molecule has 0 saturated carbocycles. The van der Waals surface area contributed by atoms with Gasteiger partial charge in [0.1, 0.15) is 0 Å². The molecule has 0 spiro atoms. The van der Waals surface area contributed by atoms with Crippen LogP contribution in [-0.2, 0) is 14.8 Å². The Bertz CT molecular complexity index is 419. The monoisotopic (exact) mass is 293 g/mol. The van der Waals surface area contributed by atoms with E-state index in [0.29, 0.717) is 11.1 Å². The molecule has 0 radical (unpaired) electrons. The lowest BCUT2D eigenvalue weighted by Crippen LogP contribution is -2.27. The lowest BCUT2D eigenvalue weighted by atomic mass is 10.4. The molecule has 0 bridgehead atoms. The van der Waals surface area contributed by atoms with Gasteiger partial charge in [0, 0.05) is 18.1 Å². The third-order valence-corrected chi connectivity index (χ3v) is 4.20. The molecule has 4 nitrogen and oxygen atoms in total. The first-order valence-corrected chi connectivity index (χ1v) is 6.58. The maximum absolute atomic E-state index is 11.7. The highest BCUT2D eigenvalue weighted by Crippen LogP contribution is 2.20. The van der Waals surface area contributed by atoms with Crippen LogP contribution in [0.15, 0.2) is 33.6 Å². The smallest absolute Gasteiger partial charge is 0.241 e. The first kappa shape index (κ1) is 12.6. The molecule has 0 unspecified atom stereocenters. The van der Waals surface area contributed by atoms with Crippen LogP contribution >= 0.6 is 15.9 Å². The lowest BCUT2D eigenvalue weighted by molar-refractivity contribution is 0.204. The SMILES string of the molecule is COCCNS(=O)(=O)c1ccccc1Br. The van der Waals surface area contributed by atoms with E-state index in [1.165, 1.54) is 7.11 Å². The number of nitrogens with one attached hydrogen (secondary N) is 1. The zero-order valence-electron chi connectivity index (χ0n) is 8.23. The second-order valence-electron chi connectivity index (χ2n) is 2.82. The molecule has 1 N–H and O–H groups in total. The molecule has 84 valence electrons. The number of halogens is 1. The summed E-state index contributed by atoms with van der Waals surface area (Å²) in [6.07, 6.45) is 0. The van der Waals surface area contributed by atoms with Gasteiger partial charge in [-0.3, -0.25) is 0 Å². The van der Waals surface area contributed by atoms with Gasteiger partial charge >= 0.3 is 0 Å². The molecule has 0 heterocycles. The topological polar surface area (TPSA) is 55.4 Å². The molecule has 6 heteroatoms. The summed E-state index contributed by atoms with van der Waals surface area (Å²) in [7, 11) is -1.92. The standard InChI is InChI=1S/C9H12BrNO3S/c1-14-7-6-11-15(12,13)9-5-3-2-4-8(9)10/h2-5,11H,6-7H2,1H3. The minimum atomic E-state index is -3.44. The molecule has 0 amide bonds. The number of hydrogen-bond donors (Lipinski definition) is 1. The van der Waals surface area contributed by atoms with E-state index in [1.54, 1.807) is 24.3 Å². The van der Waals surface area contributed by atoms with E-state index < -0.39 is 10.0 Å². The van der Waals surface area contributed by atoms with Crippen molar-refractivity contribution in [3.05, 3.63) is 28.7 Å². The summed E-state index contributed by atoms with van der Waals surface area (Å²) in [6, 6.07) is 6.66. The molecule has 0 aliphatic heterocycles. The predicted octanol–water partition coefficient (Wildman–Crippen LogP) is 1.37. The Morgan fingerprint density at radius 1 is 1.40 bits per heavy atom. The largest absolute Gasteiger partial charge is 0.383 e. The van der Waals surface area contributed by atoms with E-state index in [9.17, 15) is 8.42 Å². The van der Waals surface area contributed by atoms with Gasteiger partial charge in [0.2, 0.25) is 10.0 Å². The van der Waals surface area contributed by atoms with Gasteiger partial charge in [-0.2, -0.15) is 0 Å². The molecule has 1 aromatic carbocycles. The first-order chi connectivity index (χ1) is 7.08. The van der Waals surface area contributed by atoms with E-state index in [0.717, 1.165) is 0 Å². The summed E-state index contributed by atoms with van der Waals surface area (Å²) in [5, 5.41) is 0. The molecule has 0 fully saturated rings. The Morgan fingerprint density at radius 2 is 2.07 bits per heavy atom. The van der Waals surface area contributed by atoms with Gasteiger partial charge in [-0.25, -0.2) is 13.1 Å². The molecule has 1 rings (SSSR count). The zero-order chi connectivity index (χ0) is 11.3. The minimum absolute atomic E-state index is 0.237. The third kappa shape index (κ3) is 3.57. The summed E-state index contributed by atoms with van der Waals surface area (Å²) in [6.45, 7) is 0.615. The summed E-state index contributed by atoms with van der Waals surface area (Å²) in [4.78, 5) is 0.237. The van der Waals surface area contributed by atoms with Crippen LogP contribution in [0.25, 0.3) is 0 Å². The van der Waals surface area contributed by atoms with Gasteiger partial charge in [-0.1, -0.05) is 12.1 Å². The van der Waals surface area contributed by atoms with Crippen LogP contribution < -0.4 is 4.72 Å². The molecular formula is C9H12BrNO3S. The molecule has 0 atom stereocenters. The highest BCUT2D eigenvalue weighted by Gasteiger charge is 2.15. The van der Waals surface area contributed by atoms with Crippen molar-refractivity contribution in [2.24, 2.45) is 0 Å². The van der Waals surface area contributed by atoms with E-state index in [1.807, 2.05) is 0 Å². The Hall–Kier alpha value is -0.430. The number of hydrogen-bond acceptors (Lipinski definition) is 3. The van der Waals surface area contributed by atoms with Crippen LogP contribution in [0.3, 0.4) is 0 Å². The van der Waals surface area contributed by atoms with Crippen molar-refractivity contribution < 1.29 is 13.2 Å². The first-order valence-electron chi connectivity index (χ1n) is 4.31. The van der Waals surface area contributed by atoms with Gasteiger partial charge in [0.15, 0.2) is 0 Å². The molecular weight excluding hydrogens is 282 g/mol. The van der Waals surface area contributed by atoms with Crippen LogP contribution in [0.1, 0.15) is 0 Å². The van der Waals surface area contributed by atoms with E-state index in [2.05, 4.69) is 20.7 Å². The van der Waals surface area contributed by atoms with E-state index >= 15 is 0 Å². The molecule has 0 aromatic heterocycles. The minimum Gasteiger partial charge on any atom is -0.383 e. The van der Waals surface area contributed by atoms with Crippen molar-refractivity contribution in [2.45, 2.75) is 4.90 Å². The van der Waals surface area contributed by atoms with Gasteiger partial charge in [-0.15, -0.1) is 0 Å². The van der Waals surface area contributed by atoms with Crippen LogP contribution in [-0.4, -0.2) is 28.7 Å². The van der Waals surface area contributed by atoms with Crippen LogP contribution in [0.4, 0.5) is 0 Å². The molecule has 0 aliphatic carbocycles. The van der Waals surface area contributed by atoms with E-state index in [4.69, 9.17) is 4.74 Å². The third-order valence-electron chi connectivity index (χ3n) is 1.72. The number of benzene rings is 1. The molecule has 15 heavy (non-hydrogen) atoms. The summed E-state index contributed by atoms with van der Waals surface area (Å²) >= 11 is 3.19. The second-order valence-corrected chi connectivity index (χ2v) is 5.41. The Labute approximate surface area is 97.8 Å². The predicted molar refractivity (Wildman–Crippen MR) is 61.2 cm³/mol. The fraction of sp³-hybridized carbons (Fsp3) is 0.333. The second kappa shape index (κ2) is 5.60. The van der Waals surface area contributed by atoms with Crippen LogP contribution in [0, 0.1) is 0 Å². The number of sulfonamides is 1. The average molecular weight is 294 g/mol. The van der Waals surface area contributed by atoms with Gasteiger partial charge in [0.05, 0.1) is 11.5 Å². The number of methoxy groups -OCH3 is 1. The van der Waals surface area contributed by atoms with Crippen molar-refractivity contribution in [1.29, 1.82) is 0 Å². The zero-order valence-corrected chi connectivity index (χ0v) is 10.6. The van der Waals surface area contributed by atoms with Crippen molar-refractivity contribution in [2.75, 3.05) is 20.3 Å². The maximum Gasteiger partial charge on any atom is 0.241 e. The number of ether oxygens (including phenoxy) is 1.